The molecule has 0 unspecified atom stereocenters. The smallest absolute Gasteiger partial charge is 0.312 e. The Hall–Kier alpha value is -2.60. The van der Waals surface area contributed by atoms with Crippen LogP contribution in [0.1, 0.15) is 5.56 Å². The topological polar surface area (TPSA) is 40.5 Å². The predicted octanol–water partition coefficient (Wildman–Crippen LogP) is 4.05. The first-order valence-electron chi connectivity index (χ1n) is 7.37. The highest BCUT2D eigenvalue weighted by Gasteiger charge is 2.07. The van der Waals surface area contributed by atoms with Crippen LogP contribution in [0.3, 0.4) is 0 Å². The van der Waals surface area contributed by atoms with Crippen LogP contribution < -0.4 is 14.3 Å². The second kappa shape index (κ2) is 7.31. The van der Waals surface area contributed by atoms with Crippen LogP contribution in [0, 0.1) is 0 Å². The van der Waals surface area contributed by atoms with Gasteiger partial charge < -0.3 is 9.47 Å². The van der Waals surface area contributed by atoms with E-state index in [1.807, 2.05) is 30.3 Å². The van der Waals surface area contributed by atoms with Crippen LogP contribution in [0.25, 0.3) is 22.5 Å². The number of ether oxygens (including phenoxy) is 2. The maximum Gasteiger partial charge on any atom is 0.312 e. The molecule has 124 valence electrons. The Morgan fingerprint density at radius 1 is 1.17 bits per heavy atom. The van der Waals surface area contributed by atoms with Crippen molar-refractivity contribution < 1.29 is 13.9 Å². The van der Waals surface area contributed by atoms with Crippen LogP contribution in [-0.4, -0.2) is 25.0 Å². The van der Waals surface area contributed by atoms with Crippen LogP contribution in [0.5, 0.6) is 11.5 Å². The highest BCUT2D eigenvalue weighted by atomic mass is 32.1. The number of aromatic nitrogens is 1. The molecule has 0 spiro atoms. The minimum absolute atomic E-state index is 0.0124. The van der Waals surface area contributed by atoms with E-state index in [2.05, 4.69) is 0 Å². The molecule has 0 bridgehead atoms. The molecule has 0 amide bonds. The summed E-state index contributed by atoms with van der Waals surface area (Å²) in [5.74, 6) is 1.35. The first kappa shape index (κ1) is 16.3. The molecule has 0 N–H and O–H groups in total. The van der Waals surface area contributed by atoms with Gasteiger partial charge in [0.1, 0.15) is 24.8 Å². The number of alkyl halides is 1. The highest BCUT2D eigenvalue weighted by Crippen LogP contribution is 2.24. The number of nitrogens with zero attached hydrogens (tertiary/aromatic N) is 1. The monoisotopic (exact) mass is 345 g/mol. The van der Waals surface area contributed by atoms with E-state index in [1.54, 1.807) is 36.1 Å². The van der Waals surface area contributed by atoms with Crippen molar-refractivity contribution in [1.29, 1.82) is 0 Å². The molecule has 0 radical (unpaired) electrons. The van der Waals surface area contributed by atoms with Crippen LogP contribution in [-0.2, 0) is 0 Å². The highest BCUT2D eigenvalue weighted by molar-refractivity contribution is 7.16. The molecule has 1 heterocycles. The van der Waals surface area contributed by atoms with Gasteiger partial charge in [-0.25, -0.2) is 4.39 Å². The molecule has 0 atom stereocenters. The molecule has 3 aromatic rings. The number of rotatable bonds is 6. The fourth-order valence-electron chi connectivity index (χ4n) is 2.28. The van der Waals surface area contributed by atoms with Crippen molar-refractivity contribution >= 4 is 33.8 Å². The van der Waals surface area contributed by atoms with Crippen LogP contribution in [0.2, 0.25) is 0 Å². The molecular formula is C18H16FNO3S. The van der Waals surface area contributed by atoms with Gasteiger partial charge in [0.15, 0.2) is 0 Å². The number of thiazole rings is 1. The molecule has 2 aromatic carbocycles. The van der Waals surface area contributed by atoms with Crippen molar-refractivity contribution in [2.45, 2.75) is 0 Å². The molecule has 0 fully saturated rings. The van der Waals surface area contributed by atoms with Crippen molar-refractivity contribution in [3.05, 3.63) is 57.7 Å². The van der Waals surface area contributed by atoms with Crippen LogP contribution >= 0.6 is 11.3 Å². The Bertz CT molecular complexity index is 912. The molecule has 3 rings (SSSR count). The molecule has 1 aromatic heterocycles. The minimum atomic E-state index is -0.542. The van der Waals surface area contributed by atoms with Crippen molar-refractivity contribution in [1.82, 2.24) is 4.57 Å². The Balaban J connectivity index is 1.89. The lowest BCUT2D eigenvalue weighted by Crippen LogP contribution is -2.05. The van der Waals surface area contributed by atoms with Gasteiger partial charge in [-0.15, -0.1) is 0 Å². The normalized spacial score (nSPS) is 11.2. The number of methoxy groups -OCH3 is 1. The summed E-state index contributed by atoms with van der Waals surface area (Å²) in [4.78, 5) is 12.1. The lowest BCUT2D eigenvalue weighted by molar-refractivity contribution is 0.273. The van der Waals surface area contributed by atoms with Crippen LogP contribution in [0.15, 0.2) is 47.3 Å². The third-order valence-corrected chi connectivity index (χ3v) is 4.38. The summed E-state index contributed by atoms with van der Waals surface area (Å²) in [6.45, 7) is -0.529. The van der Waals surface area contributed by atoms with E-state index in [9.17, 15) is 9.18 Å². The molecule has 4 nitrogen and oxygen atoms in total. The fraction of sp³-hybridized carbons (Fsp3) is 0.167. The molecule has 0 aliphatic heterocycles. The molecular weight excluding hydrogens is 329 g/mol. The quantitative estimate of drug-likeness (QED) is 0.677. The first-order valence-corrected chi connectivity index (χ1v) is 8.19. The van der Waals surface area contributed by atoms with E-state index in [0.29, 0.717) is 5.75 Å². The number of hydrogen-bond acceptors (Lipinski definition) is 4. The predicted molar refractivity (Wildman–Crippen MR) is 95.8 cm³/mol. The van der Waals surface area contributed by atoms with Gasteiger partial charge in [-0.1, -0.05) is 23.5 Å². The van der Waals surface area contributed by atoms with Gasteiger partial charge in [0.05, 0.1) is 17.3 Å². The second-order valence-electron chi connectivity index (χ2n) is 4.99. The van der Waals surface area contributed by atoms with Crippen molar-refractivity contribution in [3.63, 3.8) is 0 Å². The van der Waals surface area contributed by atoms with E-state index >= 15 is 0 Å². The summed E-state index contributed by atoms with van der Waals surface area (Å²) < 4.78 is 24.9. The zero-order valence-corrected chi connectivity index (χ0v) is 13.9. The molecule has 0 saturated heterocycles. The number of halogens is 1. The van der Waals surface area contributed by atoms with Gasteiger partial charge in [-0.2, -0.15) is 0 Å². The second-order valence-corrected chi connectivity index (χ2v) is 5.99. The van der Waals surface area contributed by atoms with E-state index < -0.39 is 6.67 Å². The largest absolute Gasteiger partial charge is 0.497 e. The maximum absolute atomic E-state index is 12.2. The standard InChI is InChI=1S/C18H16FNO3S/c1-22-14-4-2-13(3-5-14)8-10-20-16-7-6-15(23-11-9-19)12-17(16)24-18(20)21/h2-8,10,12H,9,11H2,1H3/b10-8+. The Labute approximate surface area is 142 Å². The summed E-state index contributed by atoms with van der Waals surface area (Å²) in [6, 6.07) is 12.9. The van der Waals surface area contributed by atoms with Gasteiger partial charge in [0, 0.05) is 6.20 Å². The lowest BCUT2D eigenvalue weighted by Gasteiger charge is -2.03. The van der Waals surface area contributed by atoms with Crippen molar-refractivity contribution in [2.24, 2.45) is 0 Å². The molecule has 24 heavy (non-hydrogen) atoms. The van der Waals surface area contributed by atoms with Gasteiger partial charge in [-0.3, -0.25) is 9.36 Å². The van der Waals surface area contributed by atoms with Gasteiger partial charge in [0.2, 0.25) is 0 Å². The molecule has 6 heteroatoms. The minimum Gasteiger partial charge on any atom is -0.497 e. The van der Waals surface area contributed by atoms with E-state index in [4.69, 9.17) is 9.47 Å². The van der Waals surface area contributed by atoms with E-state index in [-0.39, 0.29) is 11.5 Å². The maximum atomic E-state index is 12.2. The van der Waals surface area contributed by atoms with Gasteiger partial charge in [-0.05, 0) is 42.0 Å². The lowest BCUT2D eigenvalue weighted by atomic mass is 10.2. The third kappa shape index (κ3) is 3.49. The average molecular weight is 345 g/mol. The van der Waals surface area contributed by atoms with E-state index in [1.165, 1.54) is 0 Å². The summed E-state index contributed by atoms with van der Waals surface area (Å²) in [5.41, 5.74) is 1.76. The molecule has 0 saturated carbocycles. The number of benzene rings is 2. The number of hydrogen-bond donors (Lipinski definition) is 0. The fourth-order valence-corrected chi connectivity index (χ4v) is 3.17. The van der Waals surface area contributed by atoms with Crippen molar-refractivity contribution in [2.75, 3.05) is 20.4 Å². The zero-order chi connectivity index (χ0) is 16.9. The Morgan fingerprint density at radius 2 is 1.92 bits per heavy atom. The average Bonchev–Trinajstić information content (AvgIpc) is 2.93. The number of fused-ring (bicyclic) bond motifs is 1. The molecule has 0 aliphatic carbocycles. The first-order chi connectivity index (χ1) is 11.7. The third-order valence-electron chi connectivity index (χ3n) is 3.46. The zero-order valence-electron chi connectivity index (χ0n) is 13.1. The summed E-state index contributed by atoms with van der Waals surface area (Å²) >= 11 is 1.13. The van der Waals surface area contributed by atoms with Gasteiger partial charge in [0.25, 0.3) is 0 Å². The van der Waals surface area contributed by atoms with Crippen LogP contribution in [0.4, 0.5) is 4.39 Å². The summed E-state index contributed by atoms with van der Waals surface area (Å²) in [6.07, 6.45) is 3.60. The Morgan fingerprint density at radius 3 is 2.62 bits per heavy atom. The summed E-state index contributed by atoms with van der Waals surface area (Å²) in [5, 5.41) is 0. The Kier molecular flexibility index (Phi) is 4.96. The SMILES string of the molecule is COc1ccc(/C=C/n2c(=O)sc3cc(OCCF)ccc32)cc1. The summed E-state index contributed by atoms with van der Waals surface area (Å²) in [7, 11) is 1.62. The van der Waals surface area contributed by atoms with E-state index in [0.717, 1.165) is 32.9 Å². The molecule has 0 aliphatic rings. The van der Waals surface area contributed by atoms with Crippen molar-refractivity contribution in [3.8, 4) is 11.5 Å². The van der Waals surface area contributed by atoms with Gasteiger partial charge >= 0.3 is 4.87 Å².